The minimum atomic E-state index is -0.403. The summed E-state index contributed by atoms with van der Waals surface area (Å²) in [6, 6.07) is 14.6. The molecule has 1 aromatic heterocycles. The van der Waals surface area contributed by atoms with Crippen molar-refractivity contribution in [2.75, 3.05) is 36.8 Å². The van der Waals surface area contributed by atoms with Gasteiger partial charge in [0.1, 0.15) is 5.82 Å². The highest BCUT2D eigenvalue weighted by molar-refractivity contribution is 7.99. The average Bonchev–Trinajstić information content (AvgIpc) is 3.18. The van der Waals surface area contributed by atoms with E-state index in [-0.39, 0.29) is 11.6 Å². The van der Waals surface area contributed by atoms with Crippen LogP contribution >= 0.6 is 11.8 Å². The van der Waals surface area contributed by atoms with Gasteiger partial charge in [0, 0.05) is 44.0 Å². The third-order valence-corrected chi connectivity index (χ3v) is 6.45. The molecule has 0 bridgehead atoms. The smallest absolute Gasteiger partial charge is 0.269 e. The van der Waals surface area contributed by atoms with Crippen molar-refractivity contribution >= 4 is 29.0 Å². The zero-order chi connectivity index (χ0) is 22.7. The number of thioether (sulfide) groups is 1. The van der Waals surface area contributed by atoms with E-state index in [0.717, 1.165) is 22.8 Å². The van der Waals surface area contributed by atoms with Crippen LogP contribution in [0.15, 0.2) is 53.7 Å². The first-order chi connectivity index (χ1) is 15.4. The Bertz CT molecular complexity index is 1120. The van der Waals surface area contributed by atoms with Crippen molar-refractivity contribution in [3.63, 3.8) is 0 Å². The first-order valence-corrected chi connectivity index (χ1v) is 11.3. The number of aromatic nitrogens is 3. The quantitative estimate of drug-likeness (QED) is 0.322. The molecule has 9 nitrogen and oxygen atoms in total. The number of piperazine rings is 1. The summed E-state index contributed by atoms with van der Waals surface area (Å²) in [4.78, 5) is 27.2. The highest BCUT2D eigenvalue weighted by atomic mass is 32.2. The first kappa shape index (κ1) is 21.8. The summed E-state index contributed by atoms with van der Waals surface area (Å²) >= 11 is 1.40. The predicted molar refractivity (Wildman–Crippen MR) is 123 cm³/mol. The molecule has 0 radical (unpaired) electrons. The molecular formula is C22H24N6O3S. The van der Waals surface area contributed by atoms with Crippen molar-refractivity contribution in [2.45, 2.75) is 19.0 Å². The molecule has 0 N–H and O–H groups in total. The van der Waals surface area contributed by atoms with E-state index >= 15 is 0 Å². The standard InChI is InChI=1S/C22H24N6O3S/c1-16-5-3-4-6-20(16)27-17(2)23-24-22(27)32-15-21(29)26-13-11-25(12-14-26)18-7-9-19(10-8-18)28(30)31/h3-10H,11-15H2,1-2H3. The summed E-state index contributed by atoms with van der Waals surface area (Å²) in [7, 11) is 0. The van der Waals surface area contributed by atoms with Crippen LogP contribution in [-0.4, -0.2) is 62.4 Å². The van der Waals surface area contributed by atoms with E-state index in [1.54, 1.807) is 12.1 Å². The molecule has 0 atom stereocenters. The number of non-ortho nitro benzene ring substituents is 1. The topological polar surface area (TPSA) is 97.4 Å². The van der Waals surface area contributed by atoms with Crippen LogP contribution < -0.4 is 4.90 Å². The van der Waals surface area contributed by atoms with Gasteiger partial charge in [-0.3, -0.25) is 19.5 Å². The van der Waals surface area contributed by atoms with Crippen LogP contribution in [0.3, 0.4) is 0 Å². The van der Waals surface area contributed by atoms with E-state index in [4.69, 9.17) is 0 Å². The number of rotatable bonds is 6. The third kappa shape index (κ3) is 4.59. The van der Waals surface area contributed by atoms with Gasteiger partial charge in [-0.25, -0.2) is 0 Å². The number of anilines is 1. The summed E-state index contributed by atoms with van der Waals surface area (Å²) in [6.07, 6.45) is 0. The van der Waals surface area contributed by atoms with Crippen LogP contribution in [0.25, 0.3) is 5.69 Å². The highest BCUT2D eigenvalue weighted by Crippen LogP contribution is 2.25. The lowest BCUT2D eigenvalue weighted by Crippen LogP contribution is -2.49. The van der Waals surface area contributed by atoms with Gasteiger partial charge in [0.05, 0.1) is 16.4 Å². The van der Waals surface area contributed by atoms with Gasteiger partial charge >= 0.3 is 0 Å². The maximum atomic E-state index is 12.8. The number of para-hydroxylation sites is 1. The van der Waals surface area contributed by atoms with Gasteiger partial charge in [-0.1, -0.05) is 30.0 Å². The second kappa shape index (κ2) is 9.39. The van der Waals surface area contributed by atoms with Crippen LogP contribution in [0.1, 0.15) is 11.4 Å². The molecule has 1 aliphatic rings. The van der Waals surface area contributed by atoms with Crippen LogP contribution in [0.4, 0.5) is 11.4 Å². The lowest BCUT2D eigenvalue weighted by molar-refractivity contribution is -0.384. The van der Waals surface area contributed by atoms with E-state index in [9.17, 15) is 14.9 Å². The summed E-state index contributed by atoms with van der Waals surface area (Å²) in [5.74, 6) is 1.14. The third-order valence-electron chi connectivity index (χ3n) is 5.53. The van der Waals surface area contributed by atoms with Crippen LogP contribution in [0, 0.1) is 24.0 Å². The molecule has 2 aromatic carbocycles. The van der Waals surface area contributed by atoms with Crippen molar-refractivity contribution in [2.24, 2.45) is 0 Å². The SMILES string of the molecule is Cc1ccccc1-n1c(C)nnc1SCC(=O)N1CCN(c2ccc([N+](=O)[O-])cc2)CC1. The Morgan fingerprint density at radius 2 is 1.72 bits per heavy atom. The van der Waals surface area contributed by atoms with Gasteiger partial charge < -0.3 is 9.80 Å². The first-order valence-electron chi connectivity index (χ1n) is 10.3. The molecule has 10 heteroatoms. The fourth-order valence-corrected chi connectivity index (χ4v) is 4.64. The number of nitro benzene ring substituents is 1. The number of hydrogen-bond donors (Lipinski definition) is 0. The Hall–Kier alpha value is -3.40. The molecule has 1 fully saturated rings. The lowest BCUT2D eigenvalue weighted by Gasteiger charge is -2.36. The van der Waals surface area contributed by atoms with E-state index in [2.05, 4.69) is 15.1 Å². The Labute approximate surface area is 190 Å². The van der Waals surface area contributed by atoms with Crippen LogP contribution in [0.2, 0.25) is 0 Å². The number of amides is 1. The molecule has 2 heterocycles. The van der Waals surface area contributed by atoms with Gasteiger partial charge in [-0.2, -0.15) is 0 Å². The molecule has 1 saturated heterocycles. The van der Waals surface area contributed by atoms with Gasteiger partial charge in [0.25, 0.3) is 5.69 Å². The molecule has 166 valence electrons. The summed E-state index contributed by atoms with van der Waals surface area (Å²) in [5, 5.41) is 20.0. The van der Waals surface area contributed by atoms with Gasteiger partial charge in [0.15, 0.2) is 5.16 Å². The van der Waals surface area contributed by atoms with Gasteiger partial charge in [0.2, 0.25) is 5.91 Å². The predicted octanol–water partition coefficient (Wildman–Crippen LogP) is 3.23. The maximum Gasteiger partial charge on any atom is 0.269 e. The van der Waals surface area contributed by atoms with Gasteiger partial charge in [-0.05, 0) is 37.6 Å². The molecule has 4 rings (SSSR count). The number of carbonyl (C=O) groups excluding carboxylic acids is 1. The number of benzene rings is 2. The molecular weight excluding hydrogens is 428 g/mol. The normalized spacial score (nSPS) is 13.9. The molecule has 0 aliphatic carbocycles. The molecule has 1 amide bonds. The minimum Gasteiger partial charge on any atom is -0.368 e. The Kier molecular flexibility index (Phi) is 6.40. The lowest BCUT2D eigenvalue weighted by atomic mass is 10.2. The number of nitrogens with zero attached hydrogens (tertiary/aromatic N) is 6. The molecule has 0 spiro atoms. The van der Waals surface area contributed by atoms with Crippen molar-refractivity contribution in [3.05, 3.63) is 70.0 Å². The zero-order valence-corrected chi connectivity index (χ0v) is 18.8. The van der Waals surface area contributed by atoms with E-state index in [1.807, 2.05) is 47.6 Å². The number of nitro groups is 1. The molecule has 1 aliphatic heterocycles. The second-order valence-corrected chi connectivity index (χ2v) is 8.52. The van der Waals surface area contributed by atoms with Crippen molar-refractivity contribution in [3.8, 4) is 5.69 Å². The van der Waals surface area contributed by atoms with E-state index in [1.165, 1.54) is 23.9 Å². The summed E-state index contributed by atoms with van der Waals surface area (Å²) in [6.45, 7) is 6.54. The van der Waals surface area contributed by atoms with E-state index < -0.39 is 4.92 Å². The van der Waals surface area contributed by atoms with Crippen molar-refractivity contribution in [1.82, 2.24) is 19.7 Å². The van der Waals surface area contributed by atoms with Crippen LogP contribution in [0.5, 0.6) is 0 Å². The fourth-order valence-electron chi connectivity index (χ4n) is 3.74. The second-order valence-electron chi connectivity index (χ2n) is 7.58. The number of hydrogen-bond acceptors (Lipinski definition) is 7. The largest absolute Gasteiger partial charge is 0.368 e. The Balaban J connectivity index is 1.35. The number of aryl methyl sites for hydroxylation is 2. The van der Waals surface area contributed by atoms with Crippen molar-refractivity contribution in [1.29, 1.82) is 0 Å². The molecule has 0 unspecified atom stereocenters. The average molecular weight is 453 g/mol. The highest BCUT2D eigenvalue weighted by Gasteiger charge is 2.23. The molecule has 0 saturated carbocycles. The van der Waals surface area contributed by atoms with Crippen LogP contribution in [-0.2, 0) is 4.79 Å². The minimum absolute atomic E-state index is 0.0651. The van der Waals surface area contributed by atoms with Crippen molar-refractivity contribution < 1.29 is 9.72 Å². The number of carbonyl (C=O) groups is 1. The van der Waals surface area contributed by atoms with E-state index in [0.29, 0.717) is 37.1 Å². The Morgan fingerprint density at radius 1 is 1.03 bits per heavy atom. The monoisotopic (exact) mass is 452 g/mol. The van der Waals surface area contributed by atoms with Gasteiger partial charge in [-0.15, -0.1) is 10.2 Å². The summed E-state index contributed by atoms with van der Waals surface area (Å²) in [5.41, 5.74) is 3.14. The molecule has 3 aromatic rings. The maximum absolute atomic E-state index is 12.8. The summed E-state index contributed by atoms with van der Waals surface area (Å²) < 4.78 is 1.99. The Morgan fingerprint density at radius 3 is 2.38 bits per heavy atom. The zero-order valence-electron chi connectivity index (χ0n) is 18.0. The molecule has 32 heavy (non-hydrogen) atoms. The fraction of sp³-hybridized carbons (Fsp3) is 0.318.